The van der Waals surface area contributed by atoms with Crippen molar-refractivity contribution in [2.75, 3.05) is 5.32 Å². The molecule has 2 amide bonds. The summed E-state index contributed by atoms with van der Waals surface area (Å²) in [5.74, 6) is -1.91. The van der Waals surface area contributed by atoms with E-state index in [2.05, 4.69) is 15.4 Å². The Balaban J connectivity index is 1.54. The summed E-state index contributed by atoms with van der Waals surface area (Å²) in [5.41, 5.74) is 7.75. The molecule has 2 aromatic carbocycles. The molecule has 3 N–H and O–H groups in total. The minimum atomic E-state index is -4.70. The van der Waals surface area contributed by atoms with Crippen LogP contribution in [0.2, 0.25) is 5.15 Å². The van der Waals surface area contributed by atoms with Crippen molar-refractivity contribution >= 4 is 29.1 Å². The Kier molecular flexibility index (Phi) is 5.95. The van der Waals surface area contributed by atoms with Gasteiger partial charge in [-0.2, -0.15) is 18.3 Å². The maximum absolute atomic E-state index is 13.5. The molecule has 37 heavy (non-hydrogen) atoms. The summed E-state index contributed by atoms with van der Waals surface area (Å²) in [4.78, 5) is 28.2. The Morgan fingerprint density at radius 3 is 2.41 bits per heavy atom. The van der Waals surface area contributed by atoms with Crippen molar-refractivity contribution < 1.29 is 27.2 Å². The Labute approximate surface area is 211 Å². The smallest absolute Gasteiger partial charge is 0.364 e. The number of carbonyl (C=O) groups is 2. The van der Waals surface area contributed by atoms with Gasteiger partial charge < -0.3 is 11.1 Å². The van der Waals surface area contributed by atoms with Crippen molar-refractivity contribution in [2.24, 2.45) is 5.73 Å². The van der Waals surface area contributed by atoms with Gasteiger partial charge in [-0.25, -0.2) is 14.1 Å². The lowest BCUT2D eigenvalue weighted by Crippen LogP contribution is -2.16. The normalized spacial score (nSPS) is 12.6. The van der Waals surface area contributed by atoms with Crippen LogP contribution in [0.25, 0.3) is 16.9 Å². The van der Waals surface area contributed by atoms with Crippen LogP contribution in [0.1, 0.15) is 37.7 Å². The first-order chi connectivity index (χ1) is 17.5. The molecule has 0 saturated carbocycles. The van der Waals surface area contributed by atoms with Crippen LogP contribution in [0.4, 0.5) is 23.2 Å². The second-order valence-electron chi connectivity index (χ2n) is 8.29. The summed E-state index contributed by atoms with van der Waals surface area (Å²) in [7, 11) is 0. The minimum Gasteiger partial charge on any atom is -0.364 e. The number of anilines is 1. The lowest BCUT2D eigenvalue weighted by Gasteiger charge is -2.20. The highest BCUT2D eigenvalue weighted by atomic mass is 35.5. The SMILES string of the molecule is NC(=O)c1nn(-c2ccc(F)cc2)c2c1CCc1ccc(NC(=O)c3ccc(C(F)(F)F)nc3Cl)cc1-2. The molecule has 0 unspecified atom stereocenters. The number of halogens is 5. The maximum atomic E-state index is 13.5. The number of fused-ring (bicyclic) bond motifs is 3. The number of rotatable bonds is 4. The van der Waals surface area contributed by atoms with Gasteiger partial charge in [-0.1, -0.05) is 17.7 Å². The van der Waals surface area contributed by atoms with E-state index in [1.807, 2.05) is 0 Å². The van der Waals surface area contributed by atoms with Crippen molar-refractivity contribution in [3.63, 3.8) is 0 Å². The van der Waals surface area contributed by atoms with E-state index < -0.39 is 34.7 Å². The number of alkyl halides is 3. The topological polar surface area (TPSA) is 103 Å². The third kappa shape index (κ3) is 4.53. The van der Waals surface area contributed by atoms with Gasteiger partial charge in [0.05, 0.1) is 16.9 Å². The fourth-order valence-corrected chi connectivity index (χ4v) is 4.48. The third-order valence-electron chi connectivity index (χ3n) is 5.94. The molecule has 0 spiro atoms. The second-order valence-corrected chi connectivity index (χ2v) is 8.64. The number of benzene rings is 2. The molecular weight excluding hydrogens is 514 g/mol. The van der Waals surface area contributed by atoms with Gasteiger partial charge in [0.1, 0.15) is 16.7 Å². The standard InChI is InChI=1S/C25H16ClF4N5O2/c26-22-17(9-10-19(33-22)25(28,29)30)24(37)32-14-5-1-12-2-8-16-20(23(31)36)34-35(21(16)18(12)11-14)15-6-3-13(27)4-7-15/h1,3-7,9-11H,2,8H2,(H2,31,36)(H,32,37). The molecule has 0 fully saturated rings. The van der Waals surface area contributed by atoms with E-state index in [1.165, 1.54) is 28.9 Å². The van der Waals surface area contributed by atoms with Gasteiger partial charge in [0, 0.05) is 16.8 Å². The lowest BCUT2D eigenvalue weighted by atomic mass is 9.88. The maximum Gasteiger partial charge on any atom is 0.433 e. The van der Waals surface area contributed by atoms with Gasteiger partial charge in [-0.15, -0.1) is 0 Å². The first-order valence-corrected chi connectivity index (χ1v) is 11.3. The molecule has 5 rings (SSSR count). The number of carbonyl (C=O) groups excluding carboxylic acids is 2. The Hall–Kier alpha value is -4.25. The average molecular weight is 530 g/mol. The summed E-state index contributed by atoms with van der Waals surface area (Å²) in [6, 6.07) is 12.2. The molecule has 12 heteroatoms. The molecule has 2 aromatic heterocycles. The number of nitrogens with two attached hydrogens (primary N) is 1. The average Bonchev–Trinajstić information content (AvgIpc) is 3.24. The van der Waals surface area contributed by atoms with Crippen LogP contribution in [0.5, 0.6) is 0 Å². The Bertz CT molecular complexity index is 1560. The van der Waals surface area contributed by atoms with Gasteiger partial charge in [0.2, 0.25) is 0 Å². The number of aryl methyl sites for hydroxylation is 1. The minimum absolute atomic E-state index is 0.0852. The van der Waals surface area contributed by atoms with Crippen molar-refractivity contribution in [1.29, 1.82) is 0 Å². The van der Waals surface area contributed by atoms with Crippen LogP contribution in [-0.2, 0) is 19.0 Å². The largest absolute Gasteiger partial charge is 0.433 e. The lowest BCUT2D eigenvalue weighted by molar-refractivity contribution is -0.141. The summed E-state index contributed by atoms with van der Waals surface area (Å²) in [6.07, 6.45) is -3.65. The zero-order valence-corrected chi connectivity index (χ0v) is 19.5. The number of nitrogens with zero attached hydrogens (tertiary/aromatic N) is 3. The van der Waals surface area contributed by atoms with E-state index in [0.29, 0.717) is 47.1 Å². The third-order valence-corrected chi connectivity index (χ3v) is 6.23. The highest BCUT2D eigenvalue weighted by Gasteiger charge is 2.33. The van der Waals surface area contributed by atoms with Gasteiger partial charge >= 0.3 is 6.18 Å². The first-order valence-electron chi connectivity index (χ1n) is 10.9. The number of primary amides is 1. The highest BCUT2D eigenvalue weighted by Crippen LogP contribution is 2.38. The summed E-state index contributed by atoms with van der Waals surface area (Å²) in [6.45, 7) is 0. The van der Waals surface area contributed by atoms with Crippen LogP contribution >= 0.6 is 11.6 Å². The summed E-state index contributed by atoms with van der Waals surface area (Å²) in [5, 5.41) is 6.41. The van der Waals surface area contributed by atoms with E-state index in [4.69, 9.17) is 17.3 Å². The van der Waals surface area contributed by atoms with Crippen LogP contribution in [-0.4, -0.2) is 26.6 Å². The summed E-state index contributed by atoms with van der Waals surface area (Å²) >= 11 is 5.86. The molecule has 0 saturated heterocycles. The molecular formula is C25H16ClF4N5O2. The van der Waals surface area contributed by atoms with Crippen LogP contribution in [0, 0.1) is 5.82 Å². The molecule has 4 aromatic rings. The molecule has 188 valence electrons. The fourth-order valence-electron chi connectivity index (χ4n) is 4.24. The molecule has 2 heterocycles. The number of hydrogen-bond acceptors (Lipinski definition) is 4. The zero-order valence-electron chi connectivity index (χ0n) is 18.7. The van der Waals surface area contributed by atoms with Gasteiger partial charge in [-0.3, -0.25) is 9.59 Å². The van der Waals surface area contributed by atoms with Crippen molar-refractivity contribution in [3.8, 4) is 16.9 Å². The number of hydrogen-bond donors (Lipinski definition) is 2. The molecule has 1 aliphatic carbocycles. The van der Waals surface area contributed by atoms with E-state index >= 15 is 0 Å². The molecule has 0 bridgehead atoms. The van der Waals surface area contributed by atoms with Gasteiger partial charge in [-0.05, 0) is 66.9 Å². The second kappa shape index (κ2) is 9.00. The Morgan fingerprint density at radius 1 is 1.03 bits per heavy atom. The van der Waals surface area contributed by atoms with E-state index in [1.54, 1.807) is 18.2 Å². The number of pyridine rings is 1. The van der Waals surface area contributed by atoms with E-state index in [-0.39, 0.29) is 11.3 Å². The number of nitrogens with one attached hydrogen (secondary N) is 1. The fraction of sp³-hybridized carbons (Fsp3) is 0.120. The van der Waals surface area contributed by atoms with Crippen LogP contribution in [0.15, 0.2) is 54.6 Å². The quantitative estimate of drug-likeness (QED) is 0.280. The Morgan fingerprint density at radius 2 is 1.76 bits per heavy atom. The van der Waals surface area contributed by atoms with Gasteiger partial charge in [0.15, 0.2) is 5.69 Å². The zero-order chi connectivity index (χ0) is 26.5. The number of amides is 2. The summed E-state index contributed by atoms with van der Waals surface area (Å²) < 4.78 is 53.7. The van der Waals surface area contributed by atoms with Crippen molar-refractivity contribution in [1.82, 2.24) is 14.8 Å². The number of aromatic nitrogens is 3. The molecule has 0 radical (unpaired) electrons. The highest BCUT2D eigenvalue weighted by molar-refractivity contribution is 6.33. The molecule has 1 aliphatic rings. The van der Waals surface area contributed by atoms with Crippen molar-refractivity contribution in [3.05, 3.63) is 93.6 Å². The first kappa shape index (κ1) is 24.4. The van der Waals surface area contributed by atoms with E-state index in [0.717, 1.165) is 11.6 Å². The van der Waals surface area contributed by atoms with Crippen LogP contribution in [0.3, 0.4) is 0 Å². The van der Waals surface area contributed by atoms with Crippen molar-refractivity contribution in [2.45, 2.75) is 19.0 Å². The predicted molar refractivity (Wildman–Crippen MR) is 127 cm³/mol. The molecule has 7 nitrogen and oxygen atoms in total. The van der Waals surface area contributed by atoms with Gasteiger partial charge in [0.25, 0.3) is 11.8 Å². The van der Waals surface area contributed by atoms with E-state index in [9.17, 15) is 27.2 Å². The predicted octanol–water partition coefficient (Wildman–Crippen LogP) is 5.20. The van der Waals surface area contributed by atoms with Crippen LogP contribution < -0.4 is 11.1 Å². The molecule has 0 aliphatic heterocycles. The monoisotopic (exact) mass is 529 g/mol. The molecule has 0 atom stereocenters.